The van der Waals surface area contributed by atoms with E-state index in [0.29, 0.717) is 26.1 Å². The Morgan fingerprint density at radius 2 is 2.00 bits per heavy atom. The lowest BCUT2D eigenvalue weighted by Crippen LogP contribution is -2.46. The van der Waals surface area contributed by atoms with Crippen molar-refractivity contribution >= 4 is 10.2 Å². The number of methoxy groups -OCH3 is 1. The average molecular weight is 266 g/mol. The molecule has 1 aliphatic rings. The van der Waals surface area contributed by atoms with Gasteiger partial charge in [0.05, 0.1) is 5.60 Å². The first-order valence-electron chi connectivity index (χ1n) is 5.83. The molecule has 0 aliphatic carbocycles. The van der Waals surface area contributed by atoms with E-state index in [-0.39, 0.29) is 6.54 Å². The number of nitrogens with zero attached hydrogens (tertiary/aromatic N) is 1. The number of hydrogen-bond acceptors (Lipinski definition) is 4. The largest absolute Gasteiger partial charge is 0.389 e. The molecule has 1 atom stereocenters. The summed E-state index contributed by atoms with van der Waals surface area (Å²) in [6.45, 7) is 3.14. The van der Waals surface area contributed by atoms with E-state index in [1.165, 1.54) is 4.31 Å². The van der Waals surface area contributed by atoms with Gasteiger partial charge in [-0.1, -0.05) is 0 Å². The van der Waals surface area contributed by atoms with Gasteiger partial charge >= 0.3 is 0 Å². The quantitative estimate of drug-likeness (QED) is 0.663. The van der Waals surface area contributed by atoms with Crippen LogP contribution in [0.25, 0.3) is 0 Å². The summed E-state index contributed by atoms with van der Waals surface area (Å²) in [4.78, 5) is 0. The maximum Gasteiger partial charge on any atom is 0.279 e. The van der Waals surface area contributed by atoms with Crippen LogP contribution >= 0.6 is 0 Å². The van der Waals surface area contributed by atoms with Gasteiger partial charge in [-0.25, -0.2) is 0 Å². The Kier molecular flexibility index (Phi) is 5.33. The van der Waals surface area contributed by atoms with Crippen LogP contribution in [0.15, 0.2) is 0 Å². The monoisotopic (exact) mass is 266 g/mol. The third kappa shape index (κ3) is 4.89. The predicted octanol–water partition coefficient (Wildman–Crippen LogP) is -0.296. The van der Waals surface area contributed by atoms with Crippen LogP contribution in [-0.4, -0.2) is 56.8 Å². The highest BCUT2D eigenvalue weighted by molar-refractivity contribution is 7.87. The highest BCUT2D eigenvalue weighted by Crippen LogP contribution is 2.13. The van der Waals surface area contributed by atoms with Crippen LogP contribution in [-0.2, 0) is 14.9 Å². The molecule has 102 valence electrons. The maximum absolute atomic E-state index is 11.8. The molecule has 1 aliphatic heterocycles. The van der Waals surface area contributed by atoms with E-state index in [2.05, 4.69) is 4.72 Å². The second-order valence-electron chi connectivity index (χ2n) is 4.67. The van der Waals surface area contributed by atoms with Crippen molar-refractivity contribution < 1.29 is 18.3 Å². The first kappa shape index (κ1) is 14.8. The molecule has 2 N–H and O–H groups in total. The fraction of sp³-hybridized carbons (Fsp3) is 1.00. The minimum atomic E-state index is -3.44. The molecule has 0 spiro atoms. The van der Waals surface area contributed by atoms with Gasteiger partial charge in [0.15, 0.2) is 0 Å². The van der Waals surface area contributed by atoms with Crippen LogP contribution in [0.2, 0.25) is 0 Å². The summed E-state index contributed by atoms with van der Waals surface area (Å²) >= 11 is 0. The van der Waals surface area contributed by atoms with Crippen LogP contribution in [0.4, 0.5) is 0 Å². The number of aliphatic hydroxyl groups is 1. The highest BCUT2D eigenvalue weighted by Gasteiger charge is 2.28. The third-order valence-electron chi connectivity index (χ3n) is 2.89. The Hall–Kier alpha value is -0.210. The molecule has 0 aromatic carbocycles. The Morgan fingerprint density at radius 3 is 2.53 bits per heavy atom. The third-order valence-corrected chi connectivity index (χ3v) is 4.44. The standard InChI is InChI=1S/C10H22N2O4S/c1-10(13,5-8-16-2)9-11-17(14,15)12-6-3-4-7-12/h11,13H,3-9H2,1-2H3. The molecule has 1 heterocycles. The summed E-state index contributed by atoms with van der Waals surface area (Å²) in [6, 6.07) is 0. The fourth-order valence-corrected chi connectivity index (χ4v) is 3.09. The normalized spacial score (nSPS) is 21.6. The molecule has 0 saturated carbocycles. The number of hydrogen-bond donors (Lipinski definition) is 2. The van der Waals surface area contributed by atoms with E-state index in [4.69, 9.17) is 4.74 Å². The van der Waals surface area contributed by atoms with Crippen LogP contribution < -0.4 is 4.72 Å². The fourth-order valence-electron chi connectivity index (χ4n) is 1.68. The van der Waals surface area contributed by atoms with E-state index in [9.17, 15) is 13.5 Å². The van der Waals surface area contributed by atoms with Crippen LogP contribution in [0.5, 0.6) is 0 Å². The van der Waals surface area contributed by atoms with Crippen molar-refractivity contribution in [2.75, 3.05) is 33.4 Å². The summed E-state index contributed by atoms with van der Waals surface area (Å²) in [6.07, 6.45) is 2.20. The molecule has 7 heteroatoms. The lowest BCUT2D eigenvalue weighted by molar-refractivity contribution is 0.0289. The van der Waals surface area contributed by atoms with Crippen molar-refractivity contribution in [3.8, 4) is 0 Å². The van der Waals surface area contributed by atoms with Gasteiger partial charge in [0, 0.05) is 39.8 Å². The molecule has 1 rings (SSSR count). The zero-order valence-corrected chi connectivity index (χ0v) is 11.3. The van der Waals surface area contributed by atoms with Gasteiger partial charge < -0.3 is 9.84 Å². The molecule has 6 nitrogen and oxygen atoms in total. The van der Waals surface area contributed by atoms with E-state index in [0.717, 1.165) is 12.8 Å². The summed E-state index contributed by atoms with van der Waals surface area (Å²) < 4.78 is 32.4. The Bertz CT molecular complexity index is 323. The predicted molar refractivity (Wildman–Crippen MR) is 64.8 cm³/mol. The second-order valence-corrected chi connectivity index (χ2v) is 6.43. The van der Waals surface area contributed by atoms with Gasteiger partial charge in [-0.2, -0.15) is 17.4 Å². The van der Waals surface area contributed by atoms with E-state index in [1.807, 2.05) is 0 Å². The number of rotatable bonds is 7. The molecule has 1 saturated heterocycles. The molecule has 0 aromatic rings. The van der Waals surface area contributed by atoms with Crippen molar-refractivity contribution in [1.82, 2.24) is 9.03 Å². The zero-order valence-electron chi connectivity index (χ0n) is 10.5. The molecule has 1 fully saturated rings. The Balaban J connectivity index is 2.43. The lowest BCUT2D eigenvalue weighted by Gasteiger charge is -2.25. The van der Waals surface area contributed by atoms with Crippen LogP contribution in [0.3, 0.4) is 0 Å². The van der Waals surface area contributed by atoms with Gasteiger partial charge in [0.25, 0.3) is 10.2 Å². The van der Waals surface area contributed by atoms with E-state index < -0.39 is 15.8 Å². The first-order valence-corrected chi connectivity index (χ1v) is 7.27. The minimum Gasteiger partial charge on any atom is -0.389 e. The summed E-state index contributed by atoms with van der Waals surface area (Å²) in [7, 11) is -1.89. The Morgan fingerprint density at radius 1 is 1.41 bits per heavy atom. The summed E-state index contributed by atoms with van der Waals surface area (Å²) in [5.41, 5.74) is -1.08. The van der Waals surface area contributed by atoms with Gasteiger partial charge in [-0.15, -0.1) is 0 Å². The topological polar surface area (TPSA) is 78.9 Å². The zero-order chi connectivity index (χ0) is 12.9. The molecule has 1 unspecified atom stereocenters. The van der Waals surface area contributed by atoms with Crippen molar-refractivity contribution in [2.24, 2.45) is 0 Å². The van der Waals surface area contributed by atoms with Gasteiger partial charge in [0.2, 0.25) is 0 Å². The molecule has 0 amide bonds. The van der Waals surface area contributed by atoms with E-state index in [1.54, 1.807) is 14.0 Å². The first-order chi connectivity index (χ1) is 7.87. The molecular weight excluding hydrogens is 244 g/mol. The van der Waals surface area contributed by atoms with Gasteiger partial charge in [0.1, 0.15) is 0 Å². The molecule has 17 heavy (non-hydrogen) atoms. The van der Waals surface area contributed by atoms with Crippen LogP contribution in [0.1, 0.15) is 26.2 Å². The summed E-state index contributed by atoms with van der Waals surface area (Å²) in [5.74, 6) is 0. The highest BCUT2D eigenvalue weighted by atomic mass is 32.2. The van der Waals surface area contributed by atoms with Crippen molar-refractivity contribution in [2.45, 2.75) is 31.8 Å². The van der Waals surface area contributed by atoms with Crippen molar-refractivity contribution in [3.05, 3.63) is 0 Å². The maximum atomic E-state index is 11.8. The molecule has 0 aromatic heterocycles. The molecule has 0 radical (unpaired) electrons. The second kappa shape index (κ2) is 6.10. The smallest absolute Gasteiger partial charge is 0.279 e. The lowest BCUT2D eigenvalue weighted by atomic mass is 10.0. The van der Waals surface area contributed by atoms with Crippen molar-refractivity contribution in [3.63, 3.8) is 0 Å². The Labute approximate surface area is 103 Å². The number of ether oxygens (including phenoxy) is 1. The van der Waals surface area contributed by atoms with Gasteiger partial charge in [-0.05, 0) is 19.8 Å². The summed E-state index contributed by atoms with van der Waals surface area (Å²) in [5, 5.41) is 9.93. The average Bonchev–Trinajstić information content (AvgIpc) is 2.78. The van der Waals surface area contributed by atoms with Gasteiger partial charge in [-0.3, -0.25) is 0 Å². The minimum absolute atomic E-state index is 0.00912. The van der Waals surface area contributed by atoms with Crippen LogP contribution in [0, 0.1) is 0 Å². The molecule has 0 bridgehead atoms. The SMILES string of the molecule is COCCC(C)(O)CNS(=O)(=O)N1CCCC1. The number of nitrogens with one attached hydrogen (secondary N) is 1. The van der Waals surface area contributed by atoms with Crippen molar-refractivity contribution in [1.29, 1.82) is 0 Å². The molecular formula is C10H22N2O4S. The van der Waals surface area contributed by atoms with E-state index >= 15 is 0 Å².